The van der Waals surface area contributed by atoms with Crippen molar-refractivity contribution in [3.8, 4) is 0 Å². The van der Waals surface area contributed by atoms with Gasteiger partial charge in [-0.3, -0.25) is 0 Å². The Hall–Kier alpha value is -0.170. The van der Waals surface area contributed by atoms with Crippen molar-refractivity contribution in [3.63, 3.8) is 0 Å². The molecule has 0 spiro atoms. The highest BCUT2D eigenvalue weighted by Crippen LogP contribution is 2.43. The van der Waals surface area contributed by atoms with E-state index in [1.165, 1.54) is 44.9 Å². The molecule has 3 rings (SSSR count). The van der Waals surface area contributed by atoms with E-state index < -0.39 is 0 Å². The summed E-state index contributed by atoms with van der Waals surface area (Å²) in [7, 11) is 0. The van der Waals surface area contributed by atoms with E-state index in [1.807, 2.05) is 0 Å². The molecule has 3 aliphatic rings. The fraction of sp³-hybridized carbons (Fsp3) is 0.857. The Kier molecular flexibility index (Phi) is 2.91. The van der Waals surface area contributed by atoms with Crippen LogP contribution in [0.2, 0.25) is 0 Å². The molecule has 2 aliphatic heterocycles. The van der Waals surface area contributed by atoms with Crippen LogP contribution < -0.4 is 0 Å². The summed E-state index contributed by atoms with van der Waals surface area (Å²) in [5.74, 6) is 0.869. The monoisotopic (exact) mass is 239 g/mol. The largest absolute Gasteiger partial charge is 0.369 e. The van der Waals surface area contributed by atoms with Gasteiger partial charge in [0, 0.05) is 23.2 Å². The molecule has 0 aromatic rings. The Morgan fingerprint density at radius 1 is 1.19 bits per heavy atom. The second-order valence-corrected chi connectivity index (χ2v) is 6.42. The van der Waals surface area contributed by atoms with Crippen LogP contribution in [-0.2, 0) is 0 Å². The second-order valence-electron chi connectivity index (χ2n) is 5.80. The molecule has 0 aromatic heterocycles. The molecule has 1 saturated carbocycles. The van der Waals surface area contributed by atoms with Crippen LogP contribution in [0.25, 0.3) is 0 Å². The molecule has 1 aliphatic carbocycles. The van der Waals surface area contributed by atoms with Crippen molar-refractivity contribution in [1.82, 2.24) is 4.90 Å². The molecule has 0 amide bonds. The Morgan fingerprint density at radius 2 is 2.06 bits per heavy atom. The van der Waals surface area contributed by atoms with Crippen LogP contribution in [0.5, 0.6) is 0 Å². The lowest BCUT2D eigenvalue weighted by Crippen LogP contribution is -2.53. The van der Waals surface area contributed by atoms with Gasteiger partial charge in [0.2, 0.25) is 0 Å². The third-order valence-corrected chi connectivity index (χ3v) is 5.24. The maximum Gasteiger partial charge on any atom is 0.0340 e. The summed E-state index contributed by atoms with van der Waals surface area (Å²) in [5, 5.41) is 0.451. The summed E-state index contributed by atoms with van der Waals surface area (Å²) < 4.78 is 0. The first-order chi connectivity index (χ1) is 7.75. The number of fused-ring (bicyclic) bond motifs is 3. The van der Waals surface area contributed by atoms with Crippen molar-refractivity contribution in [3.05, 3.63) is 11.8 Å². The highest BCUT2D eigenvalue weighted by atomic mass is 35.5. The topological polar surface area (TPSA) is 3.24 Å². The summed E-state index contributed by atoms with van der Waals surface area (Å²) in [6, 6.07) is 1.66. The summed E-state index contributed by atoms with van der Waals surface area (Å²) >= 11 is 6.31. The molecular formula is C14H22ClN. The van der Waals surface area contributed by atoms with Gasteiger partial charge in [-0.2, -0.15) is 0 Å². The SMILES string of the molecule is CC1=CCCC2CCC3CC(Cl)CCC3N12. The van der Waals surface area contributed by atoms with Crippen LogP contribution in [0.3, 0.4) is 0 Å². The molecule has 0 bridgehead atoms. The third kappa shape index (κ3) is 1.77. The van der Waals surface area contributed by atoms with E-state index in [-0.39, 0.29) is 0 Å². The molecule has 2 heteroatoms. The van der Waals surface area contributed by atoms with E-state index in [4.69, 9.17) is 11.6 Å². The number of nitrogens with zero attached hydrogens (tertiary/aromatic N) is 1. The van der Waals surface area contributed by atoms with Gasteiger partial charge in [0.1, 0.15) is 0 Å². The first-order valence-electron chi connectivity index (χ1n) is 6.85. The number of allylic oxidation sites excluding steroid dienone is 2. The van der Waals surface area contributed by atoms with Crippen molar-refractivity contribution in [2.45, 2.75) is 69.3 Å². The number of rotatable bonds is 0. The van der Waals surface area contributed by atoms with Crippen molar-refractivity contribution < 1.29 is 0 Å². The zero-order chi connectivity index (χ0) is 11.1. The normalized spacial score (nSPS) is 43.4. The molecule has 2 fully saturated rings. The van der Waals surface area contributed by atoms with E-state index in [0.29, 0.717) is 5.38 Å². The van der Waals surface area contributed by atoms with Gasteiger partial charge < -0.3 is 4.90 Å². The first-order valence-corrected chi connectivity index (χ1v) is 7.28. The highest BCUT2D eigenvalue weighted by Gasteiger charge is 2.40. The van der Waals surface area contributed by atoms with Crippen LogP contribution in [0, 0.1) is 5.92 Å². The van der Waals surface area contributed by atoms with E-state index in [0.717, 1.165) is 18.0 Å². The number of hydrogen-bond donors (Lipinski definition) is 0. The zero-order valence-electron chi connectivity index (χ0n) is 10.2. The Bertz CT molecular complexity index is 299. The highest BCUT2D eigenvalue weighted by molar-refractivity contribution is 6.20. The minimum atomic E-state index is 0.451. The van der Waals surface area contributed by atoms with Gasteiger partial charge in [-0.15, -0.1) is 11.6 Å². The summed E-state index contributed by atoms with van der Waals surface area (Å²) in [6.07, 6.45) is 11.7. The molecule has 16 heavy (non-hydrogen) atoms. The zero-order valence-corrected chi connectivity index (χ0v) is 10.9. The van der Waals surface area contributed by atoms with E-state index in [9.17, 15) is 0 Å². The van der Waals surface area contributed by atoms with Gasteiger partial charge in [-0.1, -0.05) is 6.08 Å². The molecule has 4 atom stereocenters. The number of halogens is 1. The van der Waals surface area contributed by atoms with Crippen molar-refractivity contribution >= 4 is 11.6 Å². The molecule has 4 unspecified atom stereocenters. The number of alkyl halides is 1. The molecule has 90 valence electrons. The van der Waals surface area contributed by atoms with E-state index in [2.05, 4.69) is 17.9 Å². The summed E-state index contributed by atoms with van der Waals surface area (Å²) in [5.41, 5.74) is 1.54. The molecule has 0 N–H and O–H groups in total. The quantitative estimate of drug-likeness (QED) is 0.579. The Balaban J connectivity index is 1.82. The maximum absolute atomic E-state index is 6.31. The smallest absolute Gasteiger partial charge is 0.0340 e. The minimum absolute atomic E-state index is 0.451. The Labute approximate surface area is 104 Å². The number of hydrogen-bond acceptors (Lipinski definition) is 1. The lowest BCUT2D eigenvalue weighted by Gasteiger charge is -2.52. The average molecular weight is 240 g/mol. The van der Waals surface area contributed by atoms with Gasteiger partial charge in [-0.25, -0.2) is 0 Å². The van der Waals surface area contributed by atoms with E-state index in [1.54, 1.807) is 5.70 Å². The molecule has 1 saturated heterocycles. The fourth-order valence-corrected chi connectivity index (χ4v) is 4.46. The summed E-state index contributed by atoms with van der Waals surface area (Å²) in [6.45, 7) is 2.31. The first kappa shape index (κ1) is 11.0. The van der Waals surface area contributed by atoms with Gasteiger partial charge in [0.15, 0.2) is 0 Å². The number of piperidine rings is 1. The predicted molar refractivity (Wildman–Crippen MR) is 68.6 cm³/mol. The van der Waals surface area contributed by atoms with Crippen molar-refractivity contribution in [1.29, 1.82) is 0 Å². The van der Waals surface area contributed by atoms with Gasteiger partial charge in [0.25, 0.3) is 0 Å². The van der Waals surface area contributed by atoms with Gasteiger partial charge >= 0.3 is 0 Å². The second kappa shape index (κ2) is 4.25. The predicted octanol–water partition coefficient (Wildman–Crippen LogP) is 3.92. The van der Waals surface area contributed by atoms with Crippen molar-refractivity contribution in [2.75, 3.05) is 0 Å². The molecule has 0 radical (unpaired) electrons. The standard InChI is InChI=1S/C14H22ClN/c1-10-3-2-4-13-7-5-11-9-12(15)6-8-14(11)16(10)13/h3,11-14H,2,4-9H2,1H3. The molecule has 0 aromatic carbocycles. The lowest BCUT2D eigenvalue weighted by molar-refractivity contribution is 0.0358. The third-order valence-electron chi connectivity index (χ3n) is 4.85. The van der Waals surface area contributed by atoms with Crippen LogP contribution in [0.15, 0.2) is 11.8 Å². The molecule has 1 nitrogen and oxygen atoms in total. The summed E-state index contributed by atoms with van der Waals surface area (Å²) in [4.78, 5) is 2.75. The molecular weight excluding hydrogens is 218 g/mol. The average Bonchev–Trinajstić information content (AvgIpc) is 2.29. The lowest BCUT2D eigenvalue weighted by atomic mass is 9.74. The maximum atomic E-state index is 6.31. The van der Waals surface area contributed by atoms with E-state index >= 15 is 0 Å². The van der Waals surface area contributed by atoms with Gasteiger partial charge in [0.05, 0.1) is 0 Å². The van der Waals surface area contributed by atoms with Crippen LogP contribution in [0.1, 0.15) is 51.9 Å². The van der Waals surface area contributed by atoms with Crippen LogP contribution >= 0.6 is 11.6 Å². The molecule has 2 heterocycles. The van der Waals surface area contributed by atoms with Crippen LogP contribution in [0.4, 0.5) is 0 Å². The van der Waals surface area contributed by atoms with Crippen molar-refractivity contribution in [2.24, 2.45) is 5.92 Å². The van der Waals surface area contributed by atoms with Gasteiger partial charge in [-0.05, 0) is 57.8 Å². The minimum Gasteiger partial charge on any atom is -0.369 e. The van der Waals surface area contributed by atoms with Crippen LogP contribution in [-0.4, -0.2) is 22.4 Å². The fourth-order valence-electron chi connectivity index (χ4n) is 4.11. The Morgan fingerprint density at radius 3 is 2.94 bits per heavy atom.